The lowest BCUT2D eigenvalue weighted by Gasteiger charge is -2.04. The van der Waals surface area contributed by atoms with E-state index in [0.717, 1.165) is 6.42 Å². The Morgan fingerprint density at radius 3 is 2.10 bits per heavy atom. The normalized spacial score (nSPS) is 10.8. The van der Waals surface area contributed by atoms with Crippen molar-refractivity contribution in [2.24, 2.45) is 0 Å². The zero-order valence-corrected chi connectivity index (χ0v) is 12.8. The van der Waals surface area contributed by atoms with Gasteiger partial charge >= 0.3 is 0 Å². The van der Waals surface area contributed by atoms with Gasteiger partial charge in [0.2, 0.25) is 0 Å². The molecule has 0 saturated heterocycles. The summed E-state index contributed by atoms with van der Waals surface area (Å²) in [6.45, 7) is 2.96. The van der Waals surface area contributed by atoms with Crippen molar-refractivity contribution < 1.29 is 0 Å². The molecule has 0 atom stereocenters. The minimum atomic E-state index is -0.0964. The zero-order valence-electron chi connectivity index (χ0n) is 12.8. The average molecular weight is 279 g/mol. The predicted octanol–water partition coefficient (Wildman–Crippen LogP) is 3.75. The highest BCUT2D eigenvalue weighted by Gasteiger charge is 1.98. The molecule has 0 spiro atoms. The maximum absolute atomic E-state index is 11.6. The molecule has 0 aromatic carbocycles. The van der Waals surface area contributed by atoms with Gasteiger partial charge in [0.1, 0.15) is 0 Å². The number of nitrogens with two attached hydrogens (primary N) is 1. The Morgan fingerprint density at radius 1 is 1.00 bits per heavy atom. The molecule has 1 aromatic heterocycles. The first kappa shape index (κ1) is 16.7. The highest BCUT2D eigenvalue weighted by atomic mass is 16.1. The van der Waals surface area contributed by atoms with Gasteiger partial charge in [-0.1, -0.05) is 64.7 Å². The molecular weight excluding hydrogens is 250 g/mol. The largest absolute Gasteiger partial charge is 0.397 e. The minimum Gasteiger partial charge on any atom is -0.397 e. The van der Waals surface area contributed by atoms with Gasteiger partial charge in [-0.05, 0) is 6.42 Å². The summed E-state index contributed by atoms with van der Waals surface area (Å²) >= 11 is 0. The standard InChI is InChI=1S/C16H29N3O/c1-2-3-4-5-6-7-8-9-10-11-12-19-16(20)13-15(17)14-18-19/h13-14H,2-12,17H2,1H3. The lowest BCUT2D eigenvalue weighted by atomic mass is 10.1. The van der Waals surface area contributed by atoms with Gasteiger partial charge in [0.05, 0.1) is 11.9 Å². The molecule has 0 unspecified atom stereocenters. The highest BCUT2D eigenvalue weighted by molar-refractivity contribution is 5.31. The van der Waals surface area contributed by atoms with Crippen LogP contribution in [0.4, 0.5) is 5.69 Å². The molecule has 114 valence electrons. The Labute approximate surface area is 122 Å². The second-order valence-electron chi connectivity index (χ2n) is 5.53. The summed E-state index contributed by atoms with van der Waals surface area (Å²) in [5.74, 6) is 0. The van der Waals surface area contributed by atoms with Crippen LogP contribution in [-0.2, 0) is 6.54 Å². The molecule has 0 bridgehead atoms. The summed E-state index contributed by atoms with van der Waals surface area (Å²) in [6.07, 6.45) is 14.5. The van der Waals surface area contributed by atoms with E-state index in [1.807, 2.05) is 0 Å². The van der Waals surface area contributed by atoms with Crippen LogP contribution in [0.1, 0.15) is 71.1 Å². The molecule has 0 radical (unpaired) electrons. The molecule has 1 aromatic rings. The van der Waals surface area contributed by atoms with Gasteiger partial charge in [0, 0.05) is 12.6 Å². The first-order chi connectivity index (χ1) is 9.74. The van der Waals surface area contributed by atoms with Crippen LogP contribution in [0.25, 0.3) is 0 Å². The quantitative estimate of drug-likeness (QED) is 0.628. The molecule has 0 aliphatic carbocycles. The third-order valence-corrected chi connectivity index (χ3v) is 3.61. The molecule has 0 fully saturated rings. The van der Waals surface area contributed by atoms with Gasteiger partial charge in [0.15, 0.2) is 0 Å². The number of hydrogen-bond acceptors (Lipinski definition) is 3. The number of nitrogen functional groups attached to an aromatic ring is 1. The lowest BCUT2D eigenvalue weighted by molar-refractivity contribution is 0.502. The van der Waals surface area contributed by atoms with E-state index >= 15 is 0 Å². The van der Waals surface area contributed by atoms with E-state index in [9.17, 15) is 4.79 Å². The first-order valence-corrected chi connectivity index (χ1v) is 8.06. The number of rotatable bonds is 11. The van der Waals surface area contributed by atoms with Gasteiger partial charge in [-0.15, -0.1) is 0 Å². The van der Waals surface area contributed by atoms with Gasteiger partial charge < -0.3 is 5.73 Å². The molecule has 4 heteroatoms. The van der Waals surface area contributed by atoms with E-state index in [1.165, 1.54) is 74.7 Å². The van der Waals surface area contributed by atoms with Crippen molar-refractivity contribution in [3.63, 3.8) is 0 Å². The minimum absolute atomic E-state index is 0.0964. The number of anilines is 1. The summed E-state index contributed by atoms with van der Waals surface area (Å²) in [6, 6.07) is 1.43. The van der Waals surface area contributed by atoms with Crippen LogP contribution in [0.5, 0.6) is 0 Å². The molecule has 0 saturated carbocycles. The number of unbranched alkanes of at least 4 members (excludes halogenated alkanes) is 9. The van der Waals surface area contributed by atoms with Crippen molar-refractivity contribution in [1.82, 2.24) is 9.78 Å². The van der Waals surface area contributed by atoms with Crippen LogP contribution in [0.15, 0.2) is 17.1 Å². The maximum Gasteiger partial charge on any atom is 0.268 e. The second-order valence-corrected chi connectivity index (χ2v) is 5.53. The highest BCUT2D eigenvalue weighted by Crippen LogP contribution is 2.10. The van der Waals surface area contributed by atoms with E-state index in [4.69, 9.17) is 5.73 Å². The third kappa shape index (κ3) is 7.31. The van der Waals surface area contributed by atoms with Gasteiger partial charge in [-0.2, -0.15) is 5.10 Å². The van der Waals surface area contributed by atoms with Gasteiger partial charge in [0.25, 0.3) is 5.56 Å². The average Bonchev–Trinajstić information content (AvgIpc) is 2.43. The Balaban J connectivity index is 1.98. The van der Waals surface area contributed by atoms with E-state index in [-0.39, 0.29) is 5.56 Å². The molecular formula is C16H29N3O. The molecule has 2 N–H and O–H groups in total. The van der Waals surface area contributed by atoms with E-state index in [1.54, 1.807) is 0 Å². The van der Waals surface area contributed by atoms with Crippen molar-refractivity contribution in [3.05, 3.63) is 22.6 Å². The summed E-state index contributed by atoms with van der Waals surface area (Å²) in [5.41, 5.74) is 5.85. The molecule has 1 heterocycles. The topological polar surface area (TPSA) is 60.9 Å². The number of aromatic nitrogens is 2. The van der Waals surface area contributed by atoms with Crippen LogP contribution >= 0.6 is 0 Å². The molecule has 4 nitrogen and oxygen atoms in total. The number of hydrogen-bond donors (Lipinski definition) is 1. The fourth-order valence-corrected chi connectivity index (χ4v) is 2.36. The van der Waals surface area contributed by atoms with Gasteiger partial charge in [-0.3, -0.25) is 4.79 Å². The SMILES string of the molecule is CCCCCCCCCCCCn1ncc(N)cc1=O. The number of nitrogens with zero attached hydrogens (tertiary/aromatic N) is 2. The third-order valence-electron chi connectivity index (χ3n) is 3.61. The second kappa shape index (κ2) is 10.5. The van der Waals surface area contributed by atoms with Crippen molar-refractivity contribution in [1.29, 1.82) is 0 Å². The molecule has 0 aliphatic rings. The summed E-state index contributed by atoms with van der Waals surface area (Å²) in [5, 5.41) is 4.03. The predicted molar refractivity (Wildman–Crippen MR) is 84.8 cm³/mol. The Kier molecular flexibility index (Phi) is 8.76. The Hall–Kier alpha value is -1.32. The zero-order chi connectivity index (χ0) is 14.6. The van der Waals surface area contributed by atoms with Crippen molar-refractivity contribution in [3.8, 4) is 0 Å². The van der Waals surface area contributed by atoms with Crippen molar-refractivity contribution >= 4 is 5.69 Å². The Morgan fingerprint density at radius 2 is 1.55 bits per heavy atom. The molecule has 20 heavy (non-hydrogen) atoms. The van der Waals surface area contributed by atoms with Crippen LogP contribution < -0.4 is 11.3 Å². The first-order valence-electron chi connectivity index (χ1n) is 8.06. The fraction of sp³-hybridized carbons (Fsp3) is 0.750. The van der Waals surface area contributed by atoms with E-state index in [2.05, 4.69) is 12.0 Å². The van der Waals surface area contributed by atoms with Crippen molar-refractivity contribution in [2.75, 3.05) is 5.73 Å². The molecule has 0 aliphatic heterocycles. The fourth-order valence-electron chi connectivity index (χ4n) is 2.36. The maximum atomic E-state index is 11.6. The lowest BCUT2D eigenvalue weighted by Crippen LogP contribution is -2.22. The van der Waals surface area contributed by atoms with Crippen molar-refractivity contribution in [2.45, 2.75) is 77.7 Å². The molecule has 1 rings (SSSR count). The van der Waals surface area contributed by atoms with Crippen LogP contribution in [0, 0.1) is 0 Å². The Bertz CT molecular complexity index is 414. The van der Waals surface area contributed by atoms with E-state index in [0.29, 0.717) is 12.2 Å². The van der Waals surface area contributed by atoms with E-state index < -0.39 is 0 Å². The van der Waals surface area contributed by atoms with Crippen LogP contribution in [-0.4, -0.2) is 9.78 Å². The monoisotopic (exact) mass is 279 g/mol. The summed E-state index contributed by atoms with van der Waals surface area (Å²) in [4.78, 5) is 11.6. The summed E-state index contributed by atoms with van der Waals surface area (Å²) < 4.78 is 1.50. The molecule has 0 amide bonds. The number of aryl methyl sites for hydroxylation is 1. The van der Waals surface area contributed by atoms with Gasteiger partial charge in [-0.25, -0.2) is 4.68 Å². The van der Waals surface area contributed by atoms with Crippen LogP contribution in [0.3, 0.4) is 0 Å². The summed E-state index contributed by atoms with van der Waals surface area (Å²) in [7, 11) is 0. The smallest absolute Gasteiger partial charge is 0.268 e. The van der Waals surface area contributed by atoms with Crippen LogP contribution in [0.2, 0.25) is 0 Å².